The Morgan fingerprint density at radius 2 is 1.79 bits per heavy atom. The van der Waals surface area contributed by atoms with Crippen molar-refractivity contribution >= 4 is 5.91 Å². The van der Waals surface area contributed by atoms with Crippen LogP contribution in [0.15, 0.2) is 24.3 Å². The molecule has 0 spiro atoms. The summed E-state index contributed by atoms with van der Waals surface area (Å²) >= 11 is 0. The summed E-state index contributed by atoms with van der Waals surface area (Å²) in [5.41, 5.74) is 2.43. The first-order valence-electron chi connectivity index (χ1n) is 6.89. The molecule has 0 fully saturated rings. The number of hydrogen-bond acceptors (Lipinski definition) is 2. The molecule has 0 bridgehead atoms. The quantitative estimate of drug-likeness (QED) is 0.856. The van der Waals surface area contributed by atoms with Gasteiger partial charge in [-0.25, -0.2) is 0 Å². The van der Waals surface area contributed by atoms with Crippen LogP contribution in [-0.2, 0) is 4.79 Å². The molecule has 0 aliphatic carbocycles. The van der Waals surface area contributed by atoms with Gasteiger partial charge in [0, 0.05) is 18.5 Å². The Bertz CT molecular complexity index is 404. The zero-order chi connectivity index (χ0) is 14.5. The fourth-order valence-electron chi connectivity index (χ4n) is 1.80. The third kappa shape index (κ3) is 6.39. The van der Waals surface area contributed by atoms with Crippen LogP contribution in [0.2, 0.25) is 0 Å². The highest BCUT2D eigenvalue weighted by Gasteiger charge is 2.12. The van der Waals surface area contributed by atoms with Crippen molar-refractivity contribution in [2.75, 3.05) is 6.54 Å². The van der Waals surface area contributed by atoms with E-state index in [1.807, 2.05) is 6.92 Å². The van der Waals surface area contributed by atoms with Crippen molar-refractivity contribution < 1.29 is 4.79 Å². The van der Waals surface area contributed by atoms with E-state index in [2.05, 4.69) is 62.6 Å². The normalized spacial score (nSPS) is 13.1. The number of aryl methyl sites for hydroxylation is 1. The molecule has 19 heavy (non-hydrogen) atoms. The molecular formula is C16H26N2O. The van der Waals surface area contributed by atoms with Gasteiger partial charge < -0.3 is 10.6 Å². The van der Waals surface area contributed by atoms with Gasteiger partial charge in [-0.1, -0.05) is 29.8 Å². The Morgan fingerprint density at radius 1 is 1.21 bits per heavy atom. The highest BCUT2D eigenvalue weighted by Crippen LogP contribution is 2.13. The van der Waals surface area contributed by atoms with Gasteiger partial charge in [0.25, 0.3) is 0 Å². The van der Waals surface area contributed by atoms with Crippen LogP contribution in [0, 0.1) is 6.92 Å². The highest BCUT2D eigenvalue weighted by molar-refractivity contribution is 5.76. The topological polar surface area (TPSA) is 41.1 Å². The summed E-state index contributed by atoms with van der Waals surface area (Å²) in [6.07, 6.45) is 0.507. The van der Waals surface area contributed by atoms with Gasteiger partial charge in [0.15, 0.2) is 0 Å². The lowest BCUT2D eigenvalue weighted by Gasteiger charge is -2.21. The lowest BCUT2D eigenvalue weighted by molar-refractivity contribution is -0.121. The SMILES string of the molecule is Cc1ccc([C@H](C)NC(=O)CCNC(C)(C)C)cc1. The van der Waals surface area contributed by atoms with E-state index in [1.54, 1.807) is 0 Å². The van der Waals surface area contributed by atoms with Crippen molar-refractivity contribution in [2.45, 2.75) is 52.6 Å². The predicted octanol–water partition coefficient (Wildman–Crippen LogP) is 2.95. The zero-order valence-electron chi connectivity index (χ0n) is 12.7. The number of carbonyl (C=O) groups excluding carboxylic acids is 1. The smallest absolute Gasteiger partial charge is 0.221 e. The van der Waals surface area contributed by atoms with Gasteiger partial charge in [-0.3, -0.25) is 4.79 Å². The molecule has 1 amide bonds. The van der Waals surface area contributed by atoms with E-state index in [0.717, 1.165) is 5.56 Å². The van der Waals surface area contributed by atoms with Crippen LogP contribution in [0.5, 0.6) is 0 Å². The molecule has 1 aromatic rings. The molecule has 0 aliphatic heterocycles. The maximum absolute atomic E-state index is 11.8. The summed E-state index contributed by atoms with van der Waals surface area (Å²) in [5.74, 6) is 0.0878. The second kappa shape index (κ2) is 6.71. The fraction of sp³-hybridized carbons (Fsp3) is 0.562. The van der Waals surface area contributed by atoms with Gasteiger partial charge in [-0.2, -0.15) is 0 Å². The molecule has 0 saturated carbocycles. The van der Waals surface area contributed by atoms with E-state index < -0.39 is 0 Å². The Balaban J connectivity index is 2.38. The maximum Gasteiger partial charge on any atom is 0.221 e. The second-order valence-electron chi connectivity index (χ2n) is 6.13. The van der Waals surface area contributed by atoms with Crippen LogP contribution in [0.25, 0.3) is 0 Å². The Morgan fingerprint density at radius 3 is 2.32 bits per heavy atom. The monoisotopic (exact) mass is 262 g/mol. The number of benzene rings is 1. The third-order valence-corrected chi connectivity index (χ3v) is 2.96. The van der Waals surface area contributed by atoms with Crippen LogP contribution in [0.1, 0.15) is 51.3 Å². The largest absolute Gasteiger partial charge is 0.350 e. The summed E-state index contributed by atoms with van der Waals surface area (Å²) < 4.78 is 0. The molecule has 0 aromatic heterocycles. The van der Waals surface area contributed by atoms with Gasteiger partial charge >= 0.3 is 0 Å². The van der Waals surface area contributed by atoms with Crippen molar-refractivity contribution in [3.8, 4) is 0 Å². The molecule has 1 atom stereocenters. The molecule has 106 valence electrons. The molecule has 3 heteroatoms. The molecule has 0 unspecified atom stereocenters. The fourth-order valence-corrected chi connectivity index (χ4v) is 1.80. The molecule has 3 nitrogen and oxygen atoms in total. The number of hydrogen-bond donors (Lipinski definition) is 2. The van der Waals surface area contributed by atoms with E-state index in [1.165, 1.54) is 5.56 Å². The van der Waals surface area contributed by atoms with Crippen molar-refractivity contribution in [3.05, 3.63) is 35.4 Å². The molecular weight excluding hydrogens is 236 g/mol. The van der Waals surface area contributed by atoms with Crippen LogP contribution in [-0.4, -0.2) is 18.0 Å². The van der Waals surface area contributed by atoms with E-state index in [0.29, 0.717) is 13.0 Å². The minimum atomic E-state index is 0.0581. The van der Waals surface area contributed by atoms with Crippen molar-refractivity contribution in [1.82, 2.24) is 10.6 Å². The Kier molecular flexibility index (Phi) is 5.55. The number of carbonyl (C=O) groups is 1. The predicted molar refractivity (Wildman–Crippen MR) is 80.1 cm³/mol. The highest BCUT2D eigenvalue weighted by atomic mass is 16.1. The van der Waals surface area contributed by atoms with Crippen LogP contribution in [0.4, 0.5) is 0 Å². The lowest BCUT2D eigenvalue weighted by Crippen LogP contribution is -2.38. The summed E-state index contributed by atoms with van der Waals surface area (Å²) in [6.45, 7) is 11.1. The number of amides is 1. The lowest BCUT2D eigenvalue weighted by atomic mass is 10.1. The number of nitrogens with one attached hydrogen (secondary N) is 2. The summed E-state index contributed by atoms with van der Waals surface area (Å²) in [5, 5.41) is 6.34. The second-order valence-corrected chi connectivity index (χ2v) is 6.13. The van der Waals surface area contributed by atoms with E-state index >= 15 is 0 Å². The Labute approximate surface area is 116 Å². The molecule has 0 heterocycles. The minimum absolute atomic E-state index is 0.0581. The van der Waals surface area contributed by atoms with E-state index in [4.69, 9.17) is 0 Å². The average molecular weight is 262 g/mol. The van der Waals surface area contributed by atoms with Gasteiger partial charge in [0.05, 0.1) is 6.04 Å². The maximum atomic E-state index is 11.8. The molecule has 0 aliphatic rings. The molecule has 0 radical (unpaired) electrons. The van der Waals surface area contributed by atoms with Gasteiger partial charge in [0.2, 0.25) is 5.91 Å². The summed E-state index contributed by atoms with van der Waals surface area (Å²) in [7, 11) is 0. The van der Waals surface area contributed by atoms with E-state index in [-0.39, 0.29) is 17.5 Å². The first kappa shape index (κ1) is 15.7. The summed E-state index contributed by atoms with van der Waals surface area (Å²) in [6, 6.07) is 8.32. The van der Waals surface area contributed by atoms with E-state index in [9.17, 15) is 4.79 Å². The third-order valence-electron chi connectivity index (χ3n) is 2.96. The molecule has 1 rings (SSSR count). The number of rotatable bonds is 5. The first-order chi connectivity index (χ1) is 8.78. The first-order valence-corrected chi connectivity index (χ1v) is 6.89. The van der Waals surface area contributed by atoms with Crippen LogP contribution < -0.4 is 10.6 Å². The average Bonchev–Trinajstić information content (AvgIpc) is 2.27. The van der Waals surface area contributed by atoms with Crippen LogP contribution >= 0.6 is 0 Å². The van der Waals surface area contributed by atoms with Crippen molar-refractivity contribution in [2.24, 2.45) is 0 Å². The van der Waals surface area contributed by atoms with Crippen molar-refractivity contribution in [1.29, 1.82) is 0 Å². The van der Waals surface area contributed by atoms with Gasteiger partial charge in [-0.05, 0) is 40.2 Å². The Hall–Kier alpha value is -1.35. The summed E-state index contributed by atoms with van der Waals surface area (Å²) in [4.78, 5) is 11.8. The zero-order valence-corrected chi connectivity index (χ0v) is 12.7. The molecule has 2 N–H and O–H groups in total. The molecule has 0 saturated heterocycles. The van der Waals surface area contributed by atoms with Crippen LogP contribution in [0.3, 0.4) is 0 Å². The van der Waals surface area contributed by atoms with Gasteiger partial charge in [0.1, 0.15) is 0 Å². The minimum Gasteiger partial charge on any atom is -0.350 e. The molecule has 1 aromatic carbocycles. The standard InChI is InChI=1S/C16H26N2O/c1-12-6-8-14(9-7-12)13(2)18-15(19)10-11-17-16(3,4)5/h6-9,13,17H,10-11H2,1-5H3,(H,18,19)/t13-/m0/s1. The van der Waals surface area contributed by atoms with Crippen molar-refractivity contribution in [3.63, 3.8) is 0 Å². The van der Waals surface area contributed by atoms with Gasteiger partial charge in [-0.15, -0.1) is 0 Å².